The molecule has 0 spiro atoms. The second-order valence-electron chi connectivity index (χ2n) is 6.52. The van der Waals surface area contributed by atoms with E-state index in [0.717, 1.165) is 27.2 Å². The number of quaternary nitrogens is 1. The maximum absolute atomic E-state index is 12.1. The molecule has 0 fully saturated rings. The minimum atomic E-state index is -0.236. The molecule has 0 saturated carbocycles. The molecular formula is C20H25BrN3O2+. The van der Waals surface area contributed by atoms with E-state index < -0.39 is 0 Å². The van der Waals surface area contributed by atoms with E-state index in [1.165, 1.54) is 11.1 Å². The third kappa shape index (κ3) is 6.28. The van der Waals surface area contributed by atoms with Gasteiger partial charge in [0, 0.05) is 15.7 Å². The van der Waals surface area contributed by atoms with Crippen LogP contribution in [0.4, 0.5) is 5.69 Å². The number of hydrogen-bond donors (Lipinski definition) is 3. The Morgan fingerprint density at radius 2 is 1.77 bits per heavy atom. The van der Waals surface area contributed by atoms with Gasteiger partial charge in [-0.3, -0.25) is 9.59 Å². The molecule has 3 N–H and O–H groups in total. The summed E-state index contributed by atoms with van der Waals surface area (Å²) < 4.78 is 0.959. The molecule has 5 nitrogen and oxygen atoms in total. The highest BCUT2D eigenvalue weighted by Crippen LogP contribution is 2.19. The van der Waals surface area contributed by atoms with Crippen LogP contribution < -0.4 is 15.5 Å². The van der Waals surface area contributed by atoms with Gasteiger partial charge in [0.25, 0.3) is 5.91 Å². The lowest BCUT2D eigenvalue weighted by molar-refractivity contribution is -0.885. The lowest BCUT2D eigenvalue weighted by Gasteiger charge is -2.15. The van der Waals surface area contributed by atoms with Crippen molar-refractivity contribution in [3.8, 4) is 0 Å². The third-order valence-electron chi connectivity index (χ3n) is 4.12. The van der Waals surface area contributed by atoms with Crippen molar-refractivity contribution in [2.24, 2.45) is 0 Å². The first kappa shape index (κ1) is 20.1. The number of rotatable bonds is 7. The zero-order valence-corrected chi connectivity index (χ0v) is 16.9. The van der Waals surface area contributed by atoms with Gasteiger partial charge in [0.1, 0.15) is 6.54 Å². The summed E-state index contributed by atoms with van der Waals surface area (Å²) in [5, 5.41) is 5.50. The Balaban J connectivity index is 1.77. The average Bonchev–Trinajstić information content (AvgIpc) is 2.57. The lowest BCUT2D eigenvalue weighted by atomic mass is 10.1. The highest BCUT2D eigenvalue weighted by atomic mass is 79.9. The van der Waals surface area contributed by atoms with E-state index in [0.29, 0.717) is 6.54 Å². The number of likely N-dealkylation sites (N-methyl/N-ethyl adjacent to an activating group) is 1. The molecule has 138 valence electrons. The monoisotopic (exact) mass is 418 g/mol. The molecule has 2 aromatic rings. The fourth-order valence-electron chi connectivity index (χ4n) is 2.67. The molecule has 0 bridgehead atoms. The number of nitrogens with one attached hydrogen (secondary N) is 3. The Hall–Kier alpha value is -2.18. The fraction of sp³-hybridized carbons (Fsp3) is 0.300. The fourth-order valence-corrected chi connectivity index (χ4v) is 3.15. The maximum Gasteiger partial charge on any atom is 0.275 e. The molecule has 2 aromatic carbocycles. The van der Waals surface area contributed by atoms with Crippen LogP contribution in [0.2, 0.25) is 0 Å². The van der Waals surface area contributed by atoms with E-state index in [1.54, 1.807) is 0 Å². The van der Waals surface area contributed by atoms with Crippen molar-refractivity contribution in [2.75, 3.05) is 25.5 Å². The van der Waals surface area contributed by atoms with Gasteiger partial charge >= 0.3 is 0 Å². The summed E-state index contributed by atoms with van der Waals surface area (Å²) in [7, 11) is 1.97. The molecule has 0 aliphatic carbocycles. The van der Waals surface area contributed by atoms with Crippen LogP contribution in [-0.2, 0) is 16.1 Å². The summed E-state index contributed by atoms with van der Waals surface area (Å²) in [6.07, 6.45) is 0. The Morgan fingerprint density at radius 1 is 1.04 bits per heavy atom. The van der Waals surface area contributed by atoms with Crippen LogP contribution in [-0.4, -0.2) is 32.0 Å². The molecule has 1 atom stereocenters. The third-order valence-corrected chi connectivity index (χ3v) is 4.62. The van der Waals surface area contributed by atoms with Crippen LogP contribution in [0.3, 0.4) is 0 Å². The molecule has 1 unspecified atom stereocenters. The van der Waals surface area contributed by atoms with Gasteiger partial charge in [0.05, 0.1) is 13.6 Å². The van der Waals surface area contributed by atoms with Crippen molar-refractivity contribution in [1.29, 1.82) is 0 Å². The number of benzene rings is 2. The molecule has 0 heterocycles. The molecule has 26 heavy (non-hydrogen) atoms. The Kier molecular flexibility index (Phi) is 7.36. The summed E-state index contributed by atoms with van der Waals surface area (Å²) in [4.78, 5) is 25.2. The van der Waals surface area contributed by atoms with Crippen molar-refractivity contribution in [3.05, 3.63) is 63.6 Å². The number of anilines is 1. The number of hydrogen-bond acceptors (Lipinski definition) is 2. The standard InChI is InChI=1S/C20H24BrN3O2/c1-14-6-4-5-7-16(14)12-24(3)13-20(26)22-11-19(25)23-18-9-8-17(21)10-15(18)2/h4-10H,11-13H2,1-3H3,(H,22,26)(H,23,25)/p+1. The molecular weight excluding hydrogens is 394 g/mol. The molecule has 0 aliphatic heterocycles. The minimum Gasteiger partial charge on any atom is -0.342 e. The number of aryl methyl sites for hydroxylation is 2. The number of carbonyl (C=O) groups is 2. The Labute approximate surface area is 162 Å². The van der Waals surface area contributed by atoms with Crippen LogP contribution in [0.5, 0.6) is 0 Å². The summed E-state index contributed by atoms with van der Waals surface area (Å²) >= 11 is 3.39. The molecule has 0 aliphatic rings. The highest BCUT2D eigenvalue weighted by Gasteiger charge is 2.13. The van der Waals surface area contributed by atoms with Crippen LogP contribution in [0, 0.1) is 13.8 Å². The van der Waals surface area contributed by atoms with E-state index in [4.69, 9.17) is 0 Å². The van der Waals surface area contributed by atoms with E-state index in [1.807, 2.05) is 44.3 Å². The molecule has 0 aromatic heterocycles. The van der Waals surface area contributed by atoms with E-state index in [2.05, 4.69) is 45.6 Å². The predicted octanol–water partition coefficient (Wildman–Crippen LogP) is 1.84. The first-order valence-corrected chi connectivity index (χ1v) is 9.33. The van der Waals surface area contributed by atoms with Crippen molar-refractivity contribution in [1.82, 2.24) is 5.32 Å². The predicted molar refractivity (Wildman–Crippen MR) is 107 cm³/mol. The highest BCUT2D eigenvalue weighted by molar-refractivity contribution is 9.10. The Morgan fingerprint density at radius 3 is 2.46 bits per heavy atom. The van der Waals surface area contributed by atoms with Gasteiger partial charge in [0.15, 0.2) is 6.54 Å². The first-order chi connectivity index (χ1) is 12.3. The van der Waals surface area contributed by atoms with E-state index in [-0.39, 0.29) is 18.4 Å². The summed E-state index contributed by atoms with van der Waals surface area (Å²) in [5.74, 6) is -0.376. The van der Waals surface area contributed by atoms with Gasteiger partial charge in [-0.1, -0.05) is 40.2 Å². The molecule has 0 saturated heterocycles. The summed E-state index contributed by atoms with van der Waals surface area (Å²) in [5.41, 5.74) is 4.15. The maximum atomic E-state index is 12.1. The average molecular weight is 419 g/mol. The molecule has 6 heteroatoms. The lowest BCUT2D eigenvalue weighted by Crippen LogP contribution is -3.09. The minimum absolute atomic E-state index is 0.0357. The van der Waals surface area contributed by atoms with E-state index >= 15 is 0 Å². The summed E-state index contributed by atoms with van der Waals surface area (Å²) in [6, 6.07) is 13.8. The molecule has 2 rings (SSSR count). The first-order valence-electron chi connectivity index (χ1n) is 8.53. The zero-order chi connectivity index (χ0) is 19.1. The second-order valence-corrected chi connectivity index (χ2v) is 7.44. The van der Waals surface area contributed by atoms with Gasteiger partial charge in [0.2, 0.25) is 5.91 Å². The number of carbonyl (C=O) groups excluding carboxylic acids is 2. The van der Waals surface area contributed by atoms with Crippen molar-refractivity contribution < 1.29 is 14.5 Å². The second kappa shape index (κ2) is 9.50. The van der Waals surface area contributed by atoms with Crippen LogP contribution in [0.25, 0.3) is 0 Å². The van der Waals surface area contributed by atoms with E-state index in [9.17, 15) is 9.59 Å². The molecule has 0 radical (unpaired) electrons. The molecule has 2 amide bonds. The normalized spacial score (nSPS) is 11.7. The quantitative estimate of drug-likeness (QED) is 0.642. The smallest absolute Gasteiger partial charge is 0.275 e. The van der Waals surface area contributed by atoms with Crippen molar-refractivity contribution in [2.45, 2.75) is 20.4 Å². The number of amides is 2. The van der Waals surface area contributed by atoms with Gasteiger partial charge in [-0.05, 0) is 43.2 Å². The summed E-state index contributed by atoms with van der Waals surface area (Å²) in [6.45, 7) is 5.04. The van der Waals surface area contributed by atoms with Crippen molar-refractivity contribution >= 4 is 33.4 Å². The van der Waals surface area contributed by atoms with Gasteiger partial charge in [-0.2, -0.15) is 0 Å². The van der Waals surface area contributed by atoms with Crippen LogP contribution >= 0.6 is 15.9 Å². The van der Waals surface area contributed by atoms with Gasteiger partial charge in [-0.25, -0.2) is 0 Å². The topological polar surface area (TPSA) is 62.6 Å². The van der Waals surface area contributed by atoms with Crippen molar-refractivity contribution in [3.63, 3.8) is 0 Å². The van der Waals surface area contributed by atoms with Crippen LogP contribution in [0.15, 0.2) is 46.9 Å². The zero-order valence-electron chi connectivity index (χ0n) is 15.4. The SMILES string of the molecule is Cc1ccccc1C[NH+](C)CC(=O)NCC(=O)Nc1ccc(Br)cc1C. The number of halogens is 1. The van der Waals surface area contributed by atoms with Crippen LogP contribution in [0.1, 0.15) is 16.7 Å². The largest absolute Gasteiger partial charge is 0.342 e. The Bertz CT molecular complexity index is 792. The van der Waals surface area contributed by atoms with Gasteiger partial charge < -0.3 is 15.5 Å². The van der Waals surface area contributed by atoms with Gasteiger partial charge in [-0.15, -0.1) is 0 Å².